The summed E-state index contributed by atoms with van der Waals surface area (Å²) in [4.78, 5) is 0. The molecule has 2 nitrogen and oxygen atoms in total. The summed E-state index contributed by atoms with van der Waals surface area (Å²) in [7, 11) is 0. The molecule has 0 radical (unpaired) electrons. The van der Waals surface area contributed by atoms with Crippen molar-refractivity contribution in [3.8, 4) is 0 Å². The van der Waals surface area contributed by atoms with Crippen molar-refractivity contribution >= 4 is 0 Å². The number of hydrogen-bond acceptors (Lipinski definition) is 2. The molecule has 0 fully saturated rings. The highest BCUT2D eigenvalue weighted by molar-refractivity contribution is 5.27. The molecule has 1 aromatic rings. The summed E-state index contributed by atoms with van der Waals surface area (Å²) in [6.07, 6.45) is 5.91. The molecule has 0 aromatic heterocycles. The average molecular weight is 264 g/mol. The predicted molar refractivity (Wildman–Crippen MR) is 80.2 cm³/mol. The molecule has 1 N–H and O–H groups in total. The van der Waals surface area contributed by atoms with E-state index in [1.807, 2.05) is 0 Å². The zero-order valence-electron chi connectivity index (χ0n) is 12.4. The van der Waals surface area contributed by atoms with Gasteiger partial charge in [-0.2, -0.15) is 0 Å². The first-order chi connectivity index (χ1) is 9.31. The number of aliphatic hydroxyl groups excluding tert-OH is 1. The average Bonchev–Trinajstić information content (AvgIpc) is 2.49. The Kier molecular flexibility index (Phi) is 8.52. The molecule has 0 spiro atoms. The lowest BCUT2D eigenvalue weighted by atomic mass is 10.0. The van der Waals surface area contributed by atoms with Crippen molar-refractivity contribution in [3.63, 3.8) is 0 Å². The van der Waals surface area contributed by atoms with E-state index in [-0.39, 0.29) is 0 Å². The number of hydrogen-bond donors (Lipinski definition) is 1. The fourth-order valence-electron chi connectivity index (χ4n) is 2.22. The van der Waals surface area contributed by atoms with Crippen LogP contribution in [0.15, 0.2) is 24.3 Å². The van der Waals surface area contributed by atoms with Gasteiger partial charge >= 0.3 is 0 Å². The quantitative estimate of drug-likeness (QED) is 0.872. The van der Waals surface area contributed by atoms with Crippen LogP contribution in [-0.2, 0) is 17.8 Å². The molecule has 0 aliphatic carbocycles. The van der Waals surface area contributed by atoms with E-state index in [9.17, 15) is 0 Å². The SMILES string of the molecule is CCCCC(CC)CO.c1ccc2c(c1)CCOC2. The van der Waals surface area contributed by atoms with Crippen LogP contribution in [0.3, 0.4) is 0 Å². The molecule has 2 heteroatoms. The van der Waals surface area contributed by atoms with Crippen LogP contribution in [0.5, 0.6) is 0 Å². The van der Waals surface area contributed by atoms with Crippen molar-refractivity contribution in [2.75, 3.05) is 13.2 Å². The zero-order valence-corrected chi connectivity index (χ0v) is 12.4. The summed E-state index contributed by atoms with van der Waals surface area (Å²) in [5.41, 5.74) is 2.81. The van der Waals surface area contributed by atoms with Crippen LogP contribution < -0.4 is 0 Å². The number of unbranched alkanes of at least 4 members (excludes halogenated alkanes) is 1. The molecule has 1 aliphatic heterocycles. The highest BCUT2D eigenvalue weighted by atomic mass is 16.5. The lowest BCUT2D eigenvalue weighted by Crippen LogP contribution is -2.08. The van der Waals surface area contributed by atoms with Crippen LogP contribution in [0.1, 0.15) is 50.7 Å². The highest BCUT2D eigenvalue weighted by Gasteiger charge is 2.06. The van der Waals surface area contributed by atoms with Gasteiger partial charge in [0.05, 0.1) is 13.2 Å². The monoisotopic (exact) mass is 264 g/mol. The van der Waals surface area contributed by atoms with E-state index >= 15 is 0 Å². The topological polar surface area (TPSA) is 29.5 Å². The molecular formula is C17H28O2. The maximum Gasteiger partial charge on any atom is 0.0719 e. The first-order valence-corrected chi connectivity index (χ1v) is 7.57. The smallest absolute Gasteiger partial charge is 0.0719 e. The molecule has 0 saturated heterocycles. The first-order valence-electron chi connectivity index (χ1n) is 7.57. The number of rotatable bonds is 5. The second-order valence-electron chi connectivity index (χ2n) is 5.17. The van der Waals surface area contributed by atoms with Crippen molar-refractivity contribution in [1.82, 2.24) is 0 Å². The number of ether oxygens (including phenoxy) is 1. The fraction of sp³-hybridized carbons (Fsp3) is 0.647. The van der Waals surface area contributed by atoms with E-state index in [0.29, 0.717) is 12.5 Å². The molecule has 108 valence electrons. The van der Waals surface area contributed by atoms with E-state index < -0.39 is 0 Å². The van der Waals surface area contributed by atoms with Crippen LogP contribution >= 0.6 is 0 Å². The lowest BCUT2D eigenvalue weighted by Gasteiger charge is -2.14. The maximum atomic E-state index is 8.75. The number of fused-ring (bicyclic) bond motifs is 1. The molecule has 19 heavy (non-hydrogen) atoms. The first kappa shape index (κ1) is 16.2. The summed E-state index contributed by atoms with van der Waals surface area (Å²) >= 11 is 0. The molecule has 1 aromatic carbocycles. The summed E-state index contributed by atoms with van der Waals surface area (Å²) in [5, 5.41) is 8.75. The summed E-state index contributed by atoms with van der Waals surface area (Å²) < 4.78 is 5.30. The Labute approximate surface area is 117 Å². The largest absolute Gasteiger partial charge is 0.396 e. The molecule has 2 rings (SSSR count). The maximum absolute atomic E-state index is 8.75. The minimum absolute atomic E-state index is 0.372. The van der Waals surface area contributed by atoms with E-state index in [1.54, 1.807) is 0 Å². The molecule has 1 unspecified atom stereocenters. The van der Waals surface area contributed by atoms with Crippen molar-refractivity contribution in [2.24, 2.45) is 5.92 Å². The molecule has 0 bridgehead atoms. The van der Waals surface area contributed by atoms with Gasteiger partial charge in [0.25, 0.3) is 0 Å². The van der Waals surface area contributed by atoms with Crippen LogP contribution in [-0.4, -0.2) is 18.3 Å². The molecule has 1 aliphatic rings. The highest BCUT2D eigenvalue weighted by Crippen LogP contribution is 2.15. The predicted octanol–water partition coefficient (Wildman–Crippen LogP) is 3.95. The Morgan fingerprint density at radius 3 is 2.53 bits per heavy atom. The second kappa shape index (κ2) is 9.99. The van der Waals surface area contributed by atoms with Gasteiger partial charge in [0.1, 0.15) is 0 Å². The van der Waals surface area contributed by atoms with E-state index in [4.69, 9.17) is 9.84 Å². The summed E-state index contributed by atoms with van der Waals surface area (Å²) in [5.74, 6) is 0.560. The Bertz CT molecular complexity index is 307. The van der Waals surface area contributed by atoms with Gasteiger partial charge in [0, 0.05) is 6.61 Å². The van der Waals surface area contributed by atoms with E-state index in [1.165, 1.54) is 30.4 Å². The van der Waals surface area contributed by atoms with E-state index in [0.717, 1.165) is 26.1 Å². The third-order valence-corrected chi connectivity index (χ3v) is 3.69. The molecule has 0 saturated carbocycles. The van der Waals surface area contributed by atoms with Gasteiger partial charge in [-0.3, -0.25) is 0 Å². The third kappa shape index (κ3) is 6.22. The van der Waals surface area contributed by atoms with Crippen LogP contribution in [0, 0.1) is 5.92 Å². The normalized spacial score (nSPS) is 15.1. The van der Waals surface area contributed by atoms with Crippen molar-refractivity contribution in [1.29, 1.82) is 0 Å². The van der Waals surface area contributed by atoms with Gasteiger partial charge in [-0.1, -0.05) is 57.4 Å². The molecule has 1 heterocycles. The van der Waals surface area contributed by atoms with Crippen LogP contribution in [0.4, 0.5) is 0 Å². The Morgan fingerprint density at radius 2 is 1.95 bits per heavy atom. The number of benzene rings is 1. The van der Waals surface area contributed by atoms with Crippen molar-refractivity contribution in [3.05, 3.63) is 35.4 Å². The third-order valence-electron chi connectivity index (χ3n) is 3.69. The van der Waals surface area contributed by atoms with Gasteiger partial charge in [-0.15, -0.1) is 0 Å². The summed E-state index contributed by atoms with van der Waals surface area (Å²) in [6.45, 7) is 6.38. The van der Waals surface area contributed by atoms with Gasteiger partial charge in [0.15, 0.2) is 0 Å². The second-order valence-corrected chi connectivity index (χ2v) is 5.17. The van der Waals surface area contributed by atoms with Crippen LogP contribution in [0.2, 0.25) is 0 Å². The van der Waals surface area contributed by atoms with Crippen LogP contribution in [0.25, 0.3) is 0 Å². The molecule has 1 atom stereocenters. The van der Waals surface area contributed by atoms with Gasteiger partial charge < -0.3 is 9.84 Å². The molecule has 0 amide bonds. The Morgan fingerprint density at radius 1 is 1.21 bits per heavy atom. The van der Waals surface area contributed by atoms with E-state index in [2.05, 4.69) is 38.1 Å². The lowest BCUT2D eigenvalue weighted by molar-refractivity contribution is 0.111. The Balaban J connectivity index is 0.000000192. The van der Waals surface area contributed by atoms with Crippen molar-refractivity contribution in [2.45, 2.75) is 52.6 Å². The minimum Gasteiger partial charge on any atom is -0.396 e. The fourth-order valence-corrected chi connectivity index (χ4v) is 2.22. The molecular weight excluding hydrogens is 236 g/mol. The standard InChI is InChI=1S/C9H10O.C8H18O/c1-2-4-9-7-10-6-5-8(9)3-1;1-3-5-6-8(4-2)7-9/h1-4H,5-7H2;8-9H,3-7H2,1-2H3. The summed E-state index contributed by atoms with van der Waals surface area (Å²) in [6, 6.07) is 8.46. The minimum atomic E-state index is 0.372. The van der Waals surface area contributed by atoms with Crippen molar-refractivity contribution < 1.29 is 9.84 Å². The Hall–Kier alpha value is -0.860. The van der Waals surface area contributed by atoms with Gasteiger partial charge in [-0.05, 0) is 29.9 Å². The van der Waals surface area contributed by atoms with Gasteiger partial charge in [0.2, 0.25) is 0 Å². The van der Waals surface area contributed by atoms with Gasteiger partial charge in [-0.25, -0.2) is 0 Å². The number of aliphatic hydroxyl groups is 1. The zero-order chi connectivity index (χ0) is 13.9.